The summed E-state index contributed by atoms with van der Waals surface area (Å²) < 4.78 is 28.6. The van der Waals surface area contributed by atoms with Crippen LogP contribution in [0.1, 0.15) is 6.42 Å². The molecule has 0 aliphatic heterocycles. The lowest BCUT2D eigenvalue weighted by Crippen LogP contribution is -2.43. The molecule has 0 spiro atoms. The van der Waals surface area contributed by atoms with Crippen LogP contribution in [-0.4, -0.2) is 41.5 Å². The minimum Gasteiger partial charge on any atom is -0.480 e. The van der Waals surface area contributed by atoms with Crippen molar-refractivity contribution in [3.63, 3.8) is 0 Å². The van der Waals surface area contributed by atoms with Crippen LogP contribution in [0.25, 0.3) is 0 Å². The number of rotatable bonds is 7. The van der Waals surface area contributed by atoms with Gasteiger partial charge in [0.25, 0.3) is 0 Å². The van der Waals surface area contributed by atoms with Crippen LogP contribution < -0.4 is 15.4 Å². The van der Waals surface area contributed by atoms with Gasteiger partial charge >= 0.3 is 18.6 Å². The summed E-state index contributed by atoms with van der Waals surface area (Å²) in [5, 5.41) is 21.8. The number of nitrogens with one attached hydrogen (secondary N) is 2. The molecule has 9 heteroatoms. The maximum Gasteiger partial charge on any atom is 0.387 e. The normalized spacial score (nSPS) is 11.8. The Morgan fingerprint density at radius 2 is 1.95 bits per heavy atom. The molecule has 7 nitrogen and oxygen atoms in total. The number of hydrogen-bond acceptors (Lipinski definition) is 4. The number of carboxylic acids is 1. The fourth-order valence-electron chi connectivity index (χ4n) is 1.47. The van der Waals surface area contributed by atoms with Crippen molar-refractivity contribution in [2.24, 2.45) is 0 Å². The summed E-state index contributed by atoms with van der Waals surface area (Å²) in [5.74, 6) is -1.58. The Balaban J connectivity index is 2.72. The molecular weight excluding hydrogens is 290 g/mol. The molecule has 0 saturated heterocycles. The predicted octanol–water partition coefficient (Wildman–Crippen LogP) is 1.25. The number of halogens is 2. The van der Waals surface area contributed by atoms with E-state index in [2.05, 4.69) is 15.4 Å². The van der Waals surface area contributed by atoms with E-state index in [1.54, 1.807) is 0 Å². The fraction of sp³-hybridized carbons (Fsp3) is 0.333. The Morgan fingerprint density at radius 1 is 1.29 bits per heavy atom. The van der Waals surface area contributed by atoms with Crippen molar-refractivity contribution in [3.05, 3.63) is 24.3 Å². The second-order valence-corrected chi connectivity index (χ2v) is 3.88. The first kappa shape index (κ1) is 16.6. The van der Waals surface area contributed by atoms with E-state index in [4.69, 9.17) is 10.2 Å². The van der Waals surface area contributed by atoms with Gasteiger partial charge in [0, 0.05) is 13.0 Å². The molecule has 0 aromatic heterocycles. The zero-order valence-electron chi connectivity index (χ0n) is 10.8. The summed E-state index contributed by atoms with van der Waals surface area (Å²) in [5.41, 5.74) is -0.0385. The molecule has 1 atom stereocenters. The number of amides is 2. The first-order valence-corrected chi connectivity index (χ1v) is 5.89. The number of anilines is 1. The molecule has 0 radical (unpaired) electrons. The number of benzene rings is 1. The number of ether oxygens (including phenoxy) is 1. The molecule has 21 heavy (non-hydrogen) atoms. The number of urea groups is 1. The number of carbonyl (C=O) groups is 2. The van der Waals surface area contributed by atoms with Gasteiger partial charge in [-0.25, -0.2) is 9.59 Å². The van der Waals surface area contributed by atoms with Crippen molar-refractivity contribution in [2.75, 3.05) is 11.9 Å². The number of aliphatic hydroxyl groups excluding tert-OH is 1. The van der Waals surface area contributed by atoms with E-state index in [9.17, 15) is 18.4 Å². The summed E-state index contributed by atoms with van der Waals surface area (Å²) in [6.45, 7) is -3.49. The smallest absolute Gasteiger partial charge is 0.387 e. The minimum absolute atomic E-state index is 0.0385. The fourth-order valence-corrected chi connectivity index (χ4v) is 1.47. The van der Waals surface area contributed by atoms with Gasteiger partial charge in [-0.15, -0.1) is 0 Å². The van der Waals surface area contributed by atoms with Crippen molar-refractivity contribution in [1.29, 1.82) is 0 Å². The topological polar surface area (TPSA) is 108 Å². The molecule has 0 aliphatic rings. The van der Waals surface area contributed by atoms with E-state index in [-0.39, 0.29) is 17.9 Å². The molecule has 0 bridgehead atoms. The van der Waals surface area contributed by atoms with Crippen LogP contribution in [0.4, 0.5) is 19.3 Å². The molecule has 4 N–H and O–H groups in total. The molecule has 116 valence electrons. The quantitative estimate of drug-likeness (QED) is 0.606. The van der Waals surface area contributed by atoms with Gasteiger partial charge in [0.15, 0.2) is 0 Å². The van der Waals surface area contributed by atoms with E-state index < -0.39 is 31.3 Å². The Hall–Kier alpha value is -2.42. The van der Waals surface area contributed by atoms with E-state index in [0.717, 1.165) is 0 Å². The van der Waals surface area contributed by atoms with Crippen LogP contribution in [0.5, 0.6) is 5.75 Å². The monoisotopic (exact) mass is 304 g/mol. The highest BCUT2D eigenvalue weighted by Crippen LogP contribution is 2.25. The lowest BCUT2D eigenvalue weighted by molar-refractivity contribution is -0.139. The van der Waals surface area contributed by atoms with Crippen LogP contribution in [0.3, 0.4) is 0 Å². The average Bonchev–Trinajstić information content (AvgIpc) is 2.39. The number of hydrogen-bond donors (Lipinski definition) is 4. The molecule has 1 rings (SSSR count). The van der Waals surface area contributed by atoms with E-state index in [0.29, 0.717) is 0 Å². The summed E-state index contributed by atoms with van der Waals surface area (Å²) in [6.07, 6.45) is -0.183. The van der Waals surface area contributed by atoms with Gasteiger partial charge < -0.3 is 25.6 Å². The summed E-state index contributed by atoms with van der Waals surface area (Å²) in [4.78, 5) is 22.4. The van der Waals surface area contributed by atoms with E-state index >= 15 is 0 Å². The standard InChI is InChI=1S/C12H14F2N2O5/c13-11(14)21-9-4-2-1-3-7(9)15-12(20)16-8(5-6-17)10(18)19/h1-4,8,11,17H,5-6H2,(H,18,19)(H2,15,16,20)/t8-/m1/s1. The van der Waals surface area contributed by atoms with Gasteiger partial charge in [-0.3, -0.25) is 0 Å². The van der Waals surface area contributed by atoms with Crippen molar-refractivity contribution in [2.45, 2.75) is 19.1 Å². The van der Waals surface area contributed by atoms with Crippen LogP contribution in [0.2, 0.25) is 0 Å². The highest BCUT2D eigenvalue weighted by molar-refractivity contribution is 5.93. The molecule has 0 heterocycles. The first-order chi connectivity index (χ1) is 9.93. The van der Waals surface area contributed by atoms with E-state index in [1.165, 1.54) is 24.3 Å². The van der Waals surface area contributed by atoms with Gasteiger partial charge in [-0.05, 0) is 12.1 Å². The zero-order chi connectivity index (χ0) is 15.8. The molecular formula is C12H14F2N2O5. The lowest BCUT2D eigenvalue weighted by atomic mass is 10.2. The van der Waals surface area contributed by atoms with Crippen LogP contribution in [0, 0.1) is 0 Å². The second kappa shape index (κ2) is 8.00. The van der Waals surface area contributed by atoms with Crippen LogP contribution in [0.15, 0.2) is 24.3 Å². The molecule has 1 aromatic rings. The number of aliphatic carboxylic acids is 1. The van der Waals surface area contributed by atoms with Gasteiger partial charge in [-0.2, -0.15) is 8.78 Å². The number of para-hydroxylation sites is 2. The van der Waals surface area contributed by atoms with Crippen LogP contribution in [-0.2, 0) is 4.79 Å². The summed E-state index contributed by atoms with van der Waals surface area (Å²) in [6, 6.07) is 3.26. The third-order valence-electron chi connectivity index (χ3n) is 2.37. The molecule has 0 unspecified atom stereocenters. The highest BCUT2D eigenvalue weighted by atomic mass is 19.3. The maximum atomic E-state index is 12.2. The van der Waals surface area contributed by atoms with Crippen LogP contribution >= 0.6 is 0 Å². The van der Waals surface area contributed by atoms with Gasteiger partial charge in [0.1, 0.15) is 11.8 Å². The summed E-state index contributed by atoms with van der Waals surface area (Å²) >= 11 is 0. The Morgan fingerprint density at radius 3 is 2.52 bits per heavy atom. The molecule has 2 amide bonds. The largest absolute Gasteiger partial charge is 0.480 e. The van der Waals surface area contributed by atoms with Gasteiger partial charge in [0.2, 0.25) is 0 Å². The molecule has 0 saturated carbocycles. The predicted molar refractivity (Wildman–Crippen MR) is 68.4 cm³/mol. The minimum atomic E-state index is -3.06. The Bertz CT molecular complexity index is 498. The third-order valence-corrected chi connectivity index (χ3v) is 2.37. The Kier molecular flexibility index (Phi) is 6.34. The number of aliphatic hydroxyl groups is 1. The van der Waals surface area contributed by atoms with Crippen molar-refractivity contribution in [1.82, 2.24) is 5.32 Å². The molecule has 0 aliphatic carbocycles. The first-order valence-electron chi connectivity index (χ1n) is 5.89. The van der Waals surface area contributed by atoms with Crippen molar-refractivity contribution < 1.29 is 33.3 Å². The number of carbonyl (C=O) groups excluding carboxylic acids is 1. The van der Waals surface area contributed by atoms with Crippen molar-refractivity contribution in [3.8, 4) is 5.75 Å². The second-order valence-electron chi connectivity index (χ2n) is 3.88. The SMILES string of the molecule is O=C(Nc1ccccc1OC(F)F)N[C@H](CCO)C(=O)O. The molecule has 0 fully saturated rings. The van der Waals surface area contributed by atoms with Crippen molar-refractivity contribution >= 4 is 17.7 Å². The van der Waals surface area contributed by atoms with Gasteiger partial charge in [0.05, 0.1) is 5.69 Å². The number of alkyl halides is 2. The van der Waals surface area contributed by atoms with E-state index in [1.807, 2.05) is 0 Å². The summed E-state index contributed by atoms with van der Waals surface area (Å²) in [7, 11) is 0. The highest BCUT2D eigenvalue weighted by Gasteiger charge is 2.20. The Labute approximate surface area is 118 Å². The maximum absolute atomic E-state index is 12.2. The molecule has 1 aromatic carbocycles. The number of carboxylic acid groups (broad SMARTS) is 1. The third kappa shape index (κ3) is 5.61. The lowest BCUT2D eigenvalue weighted by Gasteiger charge is -2.15. The zero-order valence-corrected chi connectivity index (χ0v) is 10.8. The average molecular weight is 304 g/mol. The van der Waals surface area contributed by atoms with Gasteiger partial charge in [-0.1, -0.05) is 12.1 Å².